The van der Waals surface area contributed by atoms with E-state index in [4.69, 9.17) is 11.1 Å². The molecule has 7 heavy (non-hydrogen) atoms. The maximum atomic E-state index is 6.93. The van der Waals surface area contributed by atoms with E-state index in [9.17, 15) is 0 Å². The summed E-state index contributed by atoms with van der Waals surface area (Å²) in [6, 6.07) is 0. The molecule has 0 aromatic carbocycles. The Hall–Kier alpha value is -0.440. The van der Waals surface area contributed by atoms with Gasteiger partial charge in [0.2, 0.25) is 0 Å². The van der Waals surface area contributed by atoms with E-state index in [0.717, 1.165) is 0 Å². The second-order valence-electron chi connectivity index (χ2n) is 1.20. The van der Waals surface area contributed by atoms with Gasteiger partial charge in [0.1, 0.15) is 4.99 Å². The molecule has 0 unspecified atom stereocenters. The summed E-state index contributed by atoms with van der Waals surface area (Å²) < 4.78 is 0. The van der Waals surface area contributed by atoms with Crippen molar-refractivity contribution in [1.82, 2.24) is 0 Å². The maximum Gasteiger partial charge on any atom is 0.117 e. The Morgan fingerprint density at radius 1 is 1.86 bits per heavy atom. The number of hydrogen-bond donors (Lipinski definition) is 2. The molecular formula is C4H8N2S. The highest BCUT2D eigenvalue weighted by atomic mass is 32.1. The smallest absolute Gasteiger partial charge is 0.117 e. The van der Waals surface area contributed by atoms with Gasteiger partial charge in [-0.05, 0) is 6.42 Å². The van der Waals surface area contributed by atoms with Gasteiger partial charge >= 0.3 is 0 Å². The summed E-state index contributed by atoms with van der Waals surface area (Å²) in [5, 5.41) is 6.93. The summed E-state index contributed by atoms with van der Waals surface area (Å²) in [5.74, 6) is 0. The fourth-order valence-electron chi connectivity index (χ4n) is 0.174. The lowest BCUT2D eigenvalue weighted by Gasteiger charge is -1.90. The van der Waals surface area contributed by atoms with E-state index in [-0.39, 0.29) is 4.99 Å². The summed E-state index contributed by atoms with van der Waals surface area (Å²) in [7, 11) is 0. The van der Waals surface area contributed by atoms with E-state index in [1.54, 1.807) is 0 Å². The fourth-order valence-corrected chi connectivity index (χ4v) is 0.319. The molecule has 40 valence electrons. The lowest BCUT2D eigenvalue weighted by atomic mass is 10.3. The third-order valence-corrected chi connectivity index (χ3v) is 0.897. The molecule has 0 aromatic heterocycles. The van der Waals surface area contributed by atoms with Crippen LogP contribution in [0, 0.1) is 5.41 Å². The second kappa shape index (κ2) is 2.69. The Balaban J connectivity index is 3.58. The highest BCUT2D eigenvalue weighted by Gasteiger charge is 1.91. The van der Waals surface area contributed by atoms with Gasteiger partial charge in [0.05, 0.1) is 5.71 Å². The van der Waals surface area contributed by atoms with Crippen molar-refractivity contribution in [3.05, 3.63) is 0 Å². The van der Waals surface area contributed by atoms with Crippen LogP contribution in [0.4, 0.5) is 0 Å². The third-order valence-electron chi connectivity index (χ3n) is 0.651. The van der Waals surface area contributed by atoms with Crippen LogP contribution in [0.25, 0.3) is 0 Å². The van der Waals surface area contributed by atoms with E-state index < -0.39 is 0 Å². The van der Waals surface area contributed by atoms with E-state index in [0.29, 0.717) is 12.1 Å². The molecule has 2 nitrogen and oxygen atoms in total. The van der Waals surface area contributed by atoms with Crippen LogP contribution in [0.15, 0.2) is 0 Å². The zero-order chi connectivity index (χ0) is 5.86. The maximum absolute atomic E-state index is 6.93. The molecule has 0 heterocycles. The quantitative estimate of drug-likeness (QED) is 0.412. The number of rotatable bonds is 2. The van der Waals surface area contributed by atoms with Gasteiger partial charge in [-0.1, -0.05) is 19.1 Å². The number of nitrogens with one attached hydrogen (secondary N) is 1. The van der Waals surface area contributed by atoms with Crippen molar-refractivity contribution in [2.45, 2.75) is 13.3 Å². The average Bonchev–Trinajstić information content (AvgIpc) is 1.65. The van der Waals surface area contributed by atoms with Crippen molar-refractivity contribution in [3.8, 4) is 0 Å². The molecule has 0 spiro atoms. The lowest BCUT2D eigenvalue weighted by molar-refractivity contribution is 1.27. The molecule has 0 amide bonds. The van der Waals surface area contributed by atoms with Crippen LogP contribution in [0.2, 0.25) is 0 Å². The van der Waals surface area contributed by atoms with Crippen LogP contribution < -0.4 is 5.73 Å². The van der Waals surface area contributed by atoms with Crippen LogP contribution >= 0.6 is 12.2 Å². The zero-order valence-corrected chi connectivity index (χ0v) is 5.01. The normalized spacial score (nSPS) is 8.14. The molecule has 0 fully saturated rings. The SMILES string of the molecule is CCC(=N)C(N)=S. The molecule has 0 aliphatic heterocycles. The van der Waals surface area contributed by atoms with Crippen LogP contribution in [0.5, 0.6) is 0 Å². The molecule has 3 heteroatoms. The van der Waals surface area contributed by atoms with Gasteiger partial charge in [-0.15, -0.1) is 0 Å². The Morgan fingerprint density at radius 2 is 2.29 bits per heavy atom. The molecule has 0 rings (SSSR count). The largest absolute Gasteiger partial charge is 0.388 e. The number of thiocarbonyl (C=S) groups is 1. The number of hydrogen-bond acceptors (Lipinski definition) is 2. The molecule has 0 aromatic rings. The molecule has 0 radical (unpaired) electrons. The topological polar surface area (TPSA) is 49.9 Å². The second-order valence-corrected chi connectivity index (χ2v) is 1.64. The highest BCUT2D eigenvalue weighted by molar-refractivity contribution is 7.82. The van der Waals surface area contributed by atoms with Gasteiger partial charge in [0, 0.05) is 0 Å². The van der Waals surface area contributed by atoms with E-state index in [1.807, 2.05) is 6.92 Å². The molecule has 0 saturated carbocycles. The summed E-state index contributed by atoms with van der Waals surface area (Å²) >= 11 is 4.47. The molecule has 0 aliphatic rings. The summed E-state index contributed by atoms with van der Waals surface area (Å²) in [4.78, 5) is 0.211. The Bertz CT molecular complexity index is 97.9. The summed E-state index contributed by atoms with van der Waals surface area (Å²) in [6.45, 7) is 1.85. The van der Waals surface area contributed by atoms with Gasteiger partial charge in [0.15, 0.2) is 0 Å². The van der Waals surface area contributed by atoms with Crippen LogP contribution in [-0.2, 0) is 0 Å². The van der Waals surface area contributed by atoms with E-state index in [1.165, 1.54) is 0 Å². The van der Waals surface area contributed by atoms with Gasteiger partial charge < -0.3 is 11.1 Å². The molecule has 0 atom stereocenters. The Kier molecular flexibility index (Phi) is 2.52. The first-order valence-electron chi connectivity index (χ1n) is 2.05. The fraction of sp³-hybridized carbons (Fsp3) is 0.500. The van der Waals surface area contributed by atoms with Crippen LogP contribution in [-0.4, -0.2) is 10.7 Å². The minimum absolute atomic E-state index is 0.211. The van der Waals surface area contributed by atoms with Gasteiger partial charge in [-0.25, -0.2) is 0 Å². The first kappa shape index (κ1) is 6.56. The van der Waals surface area contributed by atoms with Crippen molar-refractivity contribution in [3.63, 3.8) is 0 Å². The monoisotopic (exact) mass is 116 g/mol. The molecule has 0 aliphatic carbocycles. The van der Waals surface area contributed by atoms with Crippen LogP contribution in [0.3, 0.4) is 0 Å². The summed E-state index contributed by atoms with van der Waals surface area (Å²) in [6.07, 6.45) is 0.634. The van der Waals surface area contributed by atoms with Gasteiger partial charge in [-0.3, -0.25) is 0 Å². The highest BCUT2D eigenvalue weighted by Crippen LogP contribution is 1.79. The minimum Gasteiger partial charge on any atom is -0.388 e. The van der Waals surface area contributed by atoms with Crippen molar-refractivity contribution in [2.75, 3.05) is 0 Å². The van der Waals surface area contributed by atoms with Crippen molar-refractivity contribution in [1.29, 1.82) is 5.41 Å². The van der Waals surface area contributed by atoms with E-state index >= 15 is 0 Å². The predicted molar refractivity (Wildman–Crippen MR) is 34.8 cm³/mol. The number of nitrogens with two attached hydrogens (primary N) is 1. The third kappa shape index (κ3) is 2.28. The first-order chi connectivity index (χ1) is 3.18. The molecule has 0 bridgehead atoms. The molecule has 0 saturated heterocycles. The minimum atomic E-state index is 0.211. The van der Waals surface area contributed by atoms with Crippen molar-refractivity contribution < 1.29 is 0 Å². The zero-order valence-electron chi connectivity index (χ0n) is 4.19. The Morgan fingerprint density at radius 3 is 2.29 bits per heavy atom. The molecular weight excluding hydrogens is 108 g/mol. The van der Waals surface area contributed by atoms with E-state index in [2.05, 4.69) is 12.2 Å². The predicted octanol–water partition coefficient (Wildman–Crippen LogP) is 0.702. The van der Waals surface area contributed by atoms with Gasteiger partial charge in [0.25, 0.3) is 0 Å². The average molecular weight is 116 g/mol. The molecule has 3 N–H and O–H groups in total. The first-order valence-corrected chi connectivity index (χ1v) is 2.46. The van der Waals surface area contributed by atoms with Crippen molar-refractivity contribution in [2.24, 2.45) is 5.73 Å². The van der Waals surface area contributed by atoms with Crippen molar-refractivity contribution >= 4 is 22.9 Å². The lowest BCUT2D eigenvalue weighted by Crippen LogP contribution is -2.18. The summed E-state index contributed by atoms with van der Waals surface area (Å²) in [5.41, 5.74) is 5.41. The van der Waals surface area contributed by atoms with Gasteiger partial charge in [-0.2, -0.15) is 0 Å². The Labute approximate surface area is 48.2 Å². The standard InChI is InChI=1S/C4H8N2S/c1-2-3(5)4(6)7/h5H,2H2,1H3,(H2,6,7). The van der Waals surface area contributed by atoms with Crippen LogP contribution in [0.1, 0.15) is 13.3 Å².